The molecule has 1 unspecified atom stereocenters. The Labute approximate surface area is 104 Å². The molecule has 2 rings (SSSR count). The van der Waals surface area contributed by atoms with Crippen LogP contribution in [0.25, 0.3) is 0 Å². The second-order valence-electron chi connectivity index (χ2n) is 6.32. The van der Waals surface area contributed by atoms with Crippen LogP contribution in [0.15, 0.2) is 0 Å². The fraction of sp³-hybridized carbons (Fsp3) is 0.923. The molecule has 4 nitrogen and oxygen atoms in total. The zero-order valence-corrected chi connectivity index (χ0v) is 11.4. The average molecular weight is 240 g/mol. The van der Waals surface area contributed by atoms with Gasteiger partial charge in [0, 0.05) is 18.6 Å². The molecule has 1 atom stereocenters. The first-order valence-electron chi connectivity index (χ1n) is 6.53. The van der Waals surface area contributed by atoms with Crippen molar-refractivity contribution in [3.8, 4) is 0 Å². The molecule has 0 bridgehead atoms. The van der Waals surface area contributed by atoms with E-state index in [1.54, 1.807) is 0 Å². The van der Waals surface area contributed by atoms with Crippen molar-refractivity contribution in [3.05, 3.63) is 0 Å². The number of hydrogen-bond acceptors (Lipinski definition) is 3. The Balaban J connectivity index is 1.88. The van der Waals surface area contributed by atoms with Gasteiger partial charge in [-0.2, -0.15) is 0 Å². The lowest BCUT2D eigenvalue weighted by Gasteiger charge is -2.26. The van der Waals surface area contributed by atoms with E-state index in [2.05, 4.69) is 5.32 Å². The van der Waals surface area contributed by atoms with Gasteiger partial charge >= 0.3 is 6.09 Å². The fourth-order valence-electron chi connectivity index (χ4n) is 2.70. The summed E-state index contributed by atoms with van der Waals surface area (Å²) >= 11 is 0. The van der Waals surface area contributed by atoms with Gasteiger partial charge in [-0.1, -0.05) is 0 Å². The van der Waals surface area contributed by atoms with Crippen molar-refractivity contribution in [3.63, 3.8) is 0 Å². The Hall–Kier alpha value is -0.770. The Kier molecular flexibility index (Phi) is 3.10. The monoisotopic (exact) mass is 240 g/mol. The van der Waals surface area contributed by atoms with Gasteiger partial charge in [0.05, 0.1) is 0 Å². The van der Waals surface area contributed by atoms with Crippen LogP contribution in [0, 0.1) is 5.92 Å². The van der Waals surface area contributed by atoms with Gasteiger partial charge in [-0.3, -0.25) is 0 Å². The summed E-state index contributed by atoms with van der Waals surface area (Å²) in [6, 6.07) is 0. The molecule has 1 amide bonds. The molecule has 0 radical (unpaired) electrons. The van der Waals surface area contributed by atoms with E-state index < -0.39 is 5.60 Å². The van der Waals surface area contributed by atoms with Crippen molar-refractivity contribution >= 4 is 6.09 Å². The van der Waals surface area contributed by atoms with Gasteiger partial charge in [0.2, 0.25) is 0 Å². The summed E-state index contributed by atoms with van der Waals surface area (Å²) in [4.78, 5) is 13.8. The van der Waals surface area contributed by atoms with Crippen molar-refractivity contribution in [2.45, 2.75) is 51.2 Å². The third-order valence-corrected chi connectivity index (χ3v) is 3.91. The molecule has 1 saturated carbocycles. The quantitative estimate of drug-likeness (QED) is 0.802. The number of hydrogen-bond donors (Lipinski definition) is 1. The Bertz CT molecular complexity index is 305. The third-order valence-electron chi connectivity index (χ3n) is 3.91. The highest BCUT2D eigenvalue weighted by Crippen LogP contribution is 2.45. The molecular weight excluding hydrogens is 216 g/mol. The lowest BCUT2D eigenvalue weighted by Crippen LogP contribution is -2.40. The van der Waals surface area contributed by atoms with Crippen LogP contribution < -0.4 is 5.32 Å². The first kappa shape index (κ1) is 12.7. The highest BCUT2D eigenvalue weighted by atomic mass is 16.6. The van der Waals surface area contributed by atoms with Gasteiger partial charge in [-0.15, -0.1) is 0 Å². The van der Waals surface area contributed by atoms with Crippen molar-refractivity contribution in [2.24, 2.45) is 5.92 Å². The van der Waals surface area contributed by atoms with Crippen LogP contribution >= 0.6 is 0 Å². The van der Waals surface area contributed by atoms with E-state index in [-0.39, 0.29) is 6.09 Å². The molecule has 0 aromatic carbocycles. The molecule has 98 valence electrons. The van der Waals surface area contributed by atoms with Crippen LogP contribution in [0.2, 0.25) is 0 Å². The number of carbonyl (C=O) groups is 1. The van der Waals surface area contributed by atoms with Gasteiger partial charge in [-0.25, -0.2) is 4.79 Å². The molecule has 1 saturated heterocycles. The standard InChI is InChI=1S/C13H24N2O2/c1-12(2,3)17-11(16)15-8-5-10(9-15)13(14-4)6-7-13/h10,14H,5-9H2,1-4H3. The Morgan fingerprint density at radius 2 is 2.06 bits per heavy atom. The minimum Gasteiger partial charge on any atom is -0.444 e. The molecule has 1 N–H and O–H groups in total. The Morgan fingerprint density at radius 1 is 1.41 bits per heavy atom. The van der Waals surface area contributed by atoms with E-state index in [1.807, 2.05) is 32.7 Å². The average Bonchev–Trinajstić information content (AvgIpc) is 2.85. The molecule has 17 heavy (non-hydrogen) atoms. The van der Waals surface area contributed by atoms with Crippen LogP contribution in [-0.2, 0) is 4.74 Å². The summed E-state index contributed by atoms with van der Waals surface area (Å²) in [7, 11) is 2.03. The molecule has 1 heterocycles. The minimum absolute atomic E-state index is 0.160. The number of carbonyl (C=O) groups excluding carboxylic acids is 1. The molecule has 1 aliphatic heterocycles. The van der Waals surface area contributed by atoms with Gasteiger partial charge in [0.1, 0.15) is 5.60 Å². The number of nitrogens with one attached hydrogen (secondary N) is 1. The lowest BCUT2D eigenvalue weighted by atomic mass is 9.97. The molecule has 2 aliphatic rings. The van der Waals surface area contributed by atoms with E-state index in [0.717, 1.165) is 19.5 Å². The van der Waals surface area contributed by atoms with E-state index >= 15 is 0 Å². The first-order valence-corrected chi connectivity index (χ1v) is 6.53. The number of likely N-dealkylation sites (tertiary alicyclic amines) is 1. The maximum atomic E-state index is 11.9. The summed E-state index contributed by atoms with van der Waals surface area (Å²) < 4.78 is 5.40. The van der Waals surface area contributed by atoms with Gasteiger partial charge in [0.25, 0.3) is 0 Å². The predicted octanol–water partition coefficient (Wildman–Crippen LogP) is 2.00. The summed E-state index contributed by atoms with van der Waals surface area (Å²) in [5, 5.41) is 3.42. The summed E-state index contributed by atoms with van der Waals surface area (Å²) in [6.45, 7) is 7.41. The topological polar surface area (TPSA) is 41.6 Å². The molecule has 1 aliphatic carbocycles. The molecule has 4 heteroatoms. The van der Waals surface area contributed by atoms with E-state index in [0.29, 0.717) is 11.5 Å². The summed E-state index contributed by atoms with van der Waals surface area (Å²) in [5.74, 6) is 0.597. The molecule has 0 aromatic rings. The SMILES string of the molecule is CNC1(C2CCN(C(=O)OC(C)(C)C)C2)CC1. The van der Waals surface area contributed by atoms with Crippen molar-refractivity contribution in [1.82, 2.24) is 10.2 Å². The number of rotatable bonds is 2. The number of nitrogens with zero attached hydrogens (tertiary/aromatic N) is 1. The number of amides is 1. The zero-order chi connectivity index (χ0) is 12.7. The van der Waals surface area contributed by atoms with Crippen LogP contribution in [0.4, 0.5) is 4.79 Å². The van der Waals surface area contributed by atoms with Crippen LogP contribution in [0.1, 0.15) is 40.0 Å². The van der Waals surface area contributed by atoms with Crippen molar-refractivity contribution in [1.29, 1.82) is 0 Å². The highest BCUT2D eigenvalue weighted by Gasteiger charge is 2.50. The first-order chi connectivity index (χ1) is 7.86. The predicted molar refractivity (Wildman–Crippen MR) is 66.9 cm³/mol. The van der Waals surface area contributed by atoms with Crippen LogP contribution in [-0.4, -0.2) is 42.3 Å². The zero-order valence-electron chi connectivity index (χ0n) is 11.4. The van der Waals surface area contributed by atoms with Gasteiger partial charge < -0.3 is 15.0 Å². The maximum Gasteiger partial charge on any atom is 0.410 e. The van der Waals surface area contributed by atoms with Gasteiger partial charge in [0.15, 0.2) is 0 Å². The molecular formula is C13H24N2O2. The molecule has 0 aromatic heterocycles. The Morgan fingerprint density at radius 3 is 2.53 bits per heavy atom. The minimum atomic E-state index is -0.393. The van der Waals surface area contributed by atoms with E-state index in [4.69, 9.17) is 4.74 Å². The lowest BCUT2D eigenvalue weighted by molar-refractivity contribution is 0.0285. The number of ether oxygens (including phenoxy) is 1. The largest absolute Gasteiger partial charge is 0.444 e. The molecule has 2 fully saturated rings. The summed E-state index contributed by atoms with van der Waals surface area (Å²) in [6.07, 6.45) is 3.43. The van der Waals surface area contributed by atoms with E-state index in [9.17, 15) is 4.79 Å². The highest BCUT2D eigenvalue weighted by molar-refractivity contribution is 5.68. The second-order valence-corrected chi connectivity index (χ2v) is 6.32. The summed E-state index contributed by atoms with van der Waals surface area (Å²) in [5.41, 5.74) is -0.0772. The fourth-order valence-corrected chi connectivity index (χ4v) is 2.70. The van der Waals surface area contributed by atoms with E-state index in [1.165, 1.54) is 12.8 Å². The van der Waals surface area contributed by atoms with Crippen molar-refractivity contribution in [2.75, 3.05) is 20.1 Å². The van der Waals surface area contributed by atoms with Crippen molar-refractivity contribution < 1.29 is 9.53 Å². The van der Waals surface area contributed by atoms with Gasteiger partial charge in [-0.05, 0) is 53.0 Å². The molecule has 0 spiro atoms. The van der Waals surface area contributed by atoms with Crippen LogP contribution in [0.5, 0.6) is 0 Å². The second kappa shape index (κ2) is 4.16. The maximum absolute atomic E-state index is 11.9. The normalized spacial score (nSPS) is 27.1. The third kappa shape index (κ3) is 2.73. The van der Waals surface area contributed by atoms with Crippen LogP contribution in [0.3, 0.4) is 0 Å². The smallest absolute Gasteiger partial charge is 0.410 e.